The van der Waals surface area contributed by atoms with Gasteiger partial charge >= 0.3 is 5.97 Å². The van der Waals surface area contributed by atoms with Gasteiger partial charge in [0.2, 0.25) is 0 Å². The summed E-state index contributed by atoms with van der Waals surface area (Å²) in [6, 6.07) is -0.617. The predicted octanol–water partition coefficient (Wildman–Crippen LogP) is -0.982. The molecule has 1 fully saturated rings. The van der Waals surface area contributed by atoms with E-state index in [0.29, 0.717) is 25.3 Å². The molecule has 96 valence electrons. The molecule has 2 heterocycles. The van der Waals surface area contributed by atoms with Gasteiger partial charge in [-0.3, -0.25) is 19.5 Å². The van der Waals surface area contributed by atoms with Crippen molar-refractivity contribution in [2.75, 3.05) is 26.2 Å². The Morgan fingerprint density at radius 3 is 3.00 bits per heavy atom. The van der Waals surface area contributed by atoms with E-state index < -0.39 is 12.0 Å². The number of piperazine rings is 1. The maximum atomic E-state index is 11.9. The highest BCUT2D eigenvalue weighted by molar-refractivity contribution is 5.95. The fourth-order valence-corrected chi connectivity index (χ4v) is 1.85. The molecule has 0 amide bonds. The number of carbonyl (C=O) groups is 2. The number of carboxylic acid groups (broad SMARTS) is 1. The van der Waals surface area contributed by atoms with Crippen LogP contribution in [0.15, 0.2) is 18.6 Å². The molecule has 0 aliphatic carbocycles. The molecule has 2 N–H and O–H groups in total. The average Bonchev–Trinajstić information content (AvgIpc) is 2.40. The zero-order valence-electron chi connectivity index (χ0n) is 9.74. The van der Waals surface area contributed by atoms with Gasteiger partial charge in [0, 0.05) is 32.0 Å². The van der Waals surface area contributed by atoms with Crippen molar-refractivity contribution in [2.24, 2.45) is 0 Å². The molecule has 7 heteroatoms. The molecule has 0 spiro atoms. The number of nitrogens with zero attached hydrogens (tertiary/aromatic N) is 3. The minimum atomic E-state index is -0.897. The second kappa shape index (κ2) is 5.65. The number of nitrogens with one attached hydrogen (secondary N) is 1. The Morgan fingerprint density at radius 1 is 1.50 bits per heavy atom. The molecule has 2 rings (SSSR count). The van der Waals surface area contributed by atoms with Gasteiger partial charge in [0.05, 0.1) is 12.7 Å². The number of hydrogen-bond acceptors (Lipinski definition) is 6. The van der Waals surface area contributed by atoms with Gasteiger partial charge in [-0.2, -0.15) is 0 Å². The number of hydrogen-bond donors (Lipinski definition) is 2. The first kappa shape index (κ1) is 12.6. The van der Waals surface area contributed by atoms with Gasteiger partial charge in [-0.1, -0.05) is 0 Å². The average molecular weight is 250 g/mol. The topological polar surface area (TPSA) is 95.4 Å². The van der Waals surface area contributed by atoms with Crippen molar-refractivity contribution in [3.8, 4) is 0 Å². The third-order valence-corrected chi connectivity index (χ3v) is 2.77. The molecule has 1 saturated heterocycles. The third-order valence-electron chi connectivity index (χ3n) is 2.77. The van der Waals surface area contributed by atoms with E-state index in [0.717, 1.165) is 0 Å². The number of carboxylic acids is 1. The summed E-state index contributed by atoms with van der Waals surface area (Å²) in [5.41, 5.74) is 0.308. The summed E-state index contributed by atoms with van der Waals surface area (Å²) in [5.74, 6) is -1.04. The lowest BCUT2D eigenvalue weighted by atomic mass is 10.2. The Kier molecular flexibility index (Phi) is 3.96. The van der Waals surface area contributed by atoms with Crippen LogP contribution in [0.1, 0.15) is 10.5 Å². The highest BCUT2D eigenvalue weighted by Gasteiger charge is 2.26. The molecule has 0 unspecified atom stereocenters. The molecule has 18 heavy (non-hydrogen) atoms. The first-order chi connectivity index (χ1) is 8.66. The molecule has 1 atom stereocenters. The summed E-state index contributed by atoms with van der Waals surface area (Å²) >= 11 is 0. The number of ketones is 1. The van der Waals surface area contributed by atoms with Crippen molar-refractivity contribution in [1.29, 1.82) is 0 Å². The fourth-order valence-electron chi connectivity index (χ4n) is 1.85. The molecule has 1 aliphatic heterocycles. The third kappa shape index (κ3) is 3.08. The van der Waals surface area contributed by atoms with Crippen LogP contribution in [0.2, 0.25) is 0 Å². The maximum absolute atomic E-state index is 11.9. The van der Waals surface area contributed by atoms with Gasteiger partial charge in [-0.05, 0) is 0 Å². The second-order valence-corrected chi connectivity index (χ2v) is 4.09. The second-order valence-electron chi connectivity index (χ2n) is 4.09. The molecule has 1 aliphatic rings. The zero-order chi connectivity index (χ0) is 13.0. The molecule has 0 aromatic carbocycles. The quantitative estimate of drug-likeness (QED) is 0.663. The summed E-state index contributed by atoms with van der Waals surface area (Å²) in [4.78, 5) is 32.3. The number of aliphatic carboxylic acids is 1. The van der Waals surface area contributed by atoms with E-state index >= 15 is 0 Å². The van der Waals surface area contributed by atoms with Crippen molar-refractivity contribution < 1.29 is 14.7 Å². The lowest BCUT2D eigenvalue weighted by Crippen LogP contribution is -2.55. The van der Waals surface area contributed by atoms with Crippen molar-refractivity contribution in [3.05, 3.63) is 24.3 Å². The predicted molar refractivity (Wildman–Crippen MR) is 62.2 cm³/mol. The minimum Gasteiger partial charge on any atom is -0.480 e. The fraction of sp³-hybridized carbons (Fsp3) is 0.455. The molecule has 0 radical (unpaired) electrons. The Balaban J connectivity index is 1.93. The van der Waals surface area contributed by atoms with Gasteiger partial charge in [-0.15, -0.1) is 0 Å². The highest BCUT2D eigenvalue weighted by atomic mass is 16.4. The van der Waals surface area contributed by atoms with Crippen molar-refractivity contribution in [3.63, 3.8) is 0 Å². The highest BCUT2D eigenvalue weighted by Crippen LogP contribution is 2.02. The summed E-state index contributed by atoms with van der Waals surface area (Å²) in [7, 11) is 0. The van der Waals surface area contributed by atoms with Gasteiger partial charge in [0.25, 0.3) is 0 Å². The molecular formula is C11H14N4O3. The minimum absolute atomic E-state index is 0.144. The first-order valence-corrected chi connectivity index (χ1v) is 5.64. The van der Waals surface area contributed by atoms with Crippen LogP contribution in [-0.2, 0) is 4.79 Å². The van der Waals surface area contributed by atoms with Crippen molar-refractivity contribution in [1.82, 2.24) is 20.2 Å². The Hall–Kier alpha value is -1.86. The van der Waals surface area contributed by atoms with Gasteiger partial charge in [0.1, 0.15) is 11.7 Å². The van der Waals surface area contributed by atoms with E-state index in [-0.39, 0.29) is 12.3 Å². The van der Waals surface area contributed by atoms with Gasteiger partial charge in [0.15, 0.2) is 5.78 Å². The Morgan fingerprint density at radius 2 is 2.33 bits per heavy atom. The maximum Gasteiger partial charge on any atom is 0.322 e. The standard InChI is InChI=1S/C11H14N4O3/c16-10(8-5-12-1-2-13-8)7-15-4-3-14-9(6-15)11(17)18/h1-2,5,9,14H,3-4,6-7H2,(H,17,18)/t9-/m0/s1. The van der Waals surface area contributed by atoms with Gasteiger partial charge in [-0.25, -0.2) is 4.98 Å². The normalized spacial score (nSPS) is 20.6. The number of rotatable bonds is 4. The smallest absolute Gasteiger partial charge is 0.322 e. The van der Waals surface area contributed by atoms with E-state index in [2.05, 4.69) is 15.3 Å². The lowest BCUT2D eigenvalue weighted by molar-refractivity contribution is -0.140. The summed E-state index contributed by atoms with van der Waals surface area (Å²) in [6.45, 7) is 1.70. The molecular weight excluding hydrogens is 236 g/mol. The van der Waals surface area contributed by atoms with E-state index in [1.807, 2.05) is 4.90 Å². The lowest BCUT2D eigenvalue weighted by Gasteiger charge is -2.30. The molecule has 0 saturated carbocycles. The molecule has 7 nitrogen and oxygen atoms in total. The summed E-state index contributed by atoms with van der Waals surface area (Å²) < 4.78 is 0. The zero-order valence-corrected chi connectivity index (χ0v) is 9.74. The number of carbonyl (C=O) groups excluding carboxylic acids is 1. The Labute approximate surface area is 104 Å². The van der Waals surface area contributed by atoms with Crippen LogP contribution in [-0.4, -0.2) is 63.9 Å². The van der Waals surface area contributed by atoms with E-state index in [4.69, 9.17) is 5.11 Å². The van der Waals surface area contributed by atoms with Gasteiger partial charge < -0.3 is 10.4 Å². The monoisotopic (exact) mass is 250 g/mol. The molecule has 1 aromatic rings. The van der Waals surface area contributed by atoms with Crippen LogP contribution >= 0.6 is 0 Å². The SMILES string of the molecule is O=C(CN1CCN[C@H](C(=O)O)C1)c1cnccn1. The summed E-state index contributed by atoms with van der Waals surface area (Å²) in [5, 5.41) is 11.8. The first-order valence-electron chi connectivity index (χ1n) is 5.64. The Bertz CT molecular complexity index is 437. The molecule has 0 bridgehead atoms. The number of aromatic nitrogens is 2. The molecule has 1 aromatic heterocycles. The van der Waals surface area contributed by atoms with Crippen LogP contribution in [0.5, 0.6) is 0 Å². The van der Waals surface area contributed by atoms with Crippen LogP contribution in [0, 0.1) is 0 Å². The van der Waals surface area contributed by atoms with Crippen molar-refractivity contribution >= 4 is 11.8 Å². The van der Waals surface area contributed by atoms with Crippen LogP contribution in [0.3, 0.4) is 0 Å². The van der Waals surface area contributed by atoms with E-state index in [9.17, 15) is 9.59 Å². The van der Waals surface area contributed by atoms with E-state index in [1.165, 1.54) is 18.6 Å². The largest absolute Gasteiger partial charge is 0.480 e. The number of Topliss-reactive ketones (excluding diaryl/α,β-unsaturated/α-hetero) is 1. The summed E-state index contributed by atoms with van der Waals surface area (Å²) in [6.07, 6.45) is 4.38. The van der Waals surface area contributed by atoms with Crippen LogP contribution in [0.25, 0.3) is 0 Å². The van der Waals surface area contributed by atoms with Crippen LogP contribution in [0.4, 0.5) is 0 Å². The van der Waals surface area contributed by atoms with Crippen molar-refractivity contribution in [2.45, 2.75) is 6.04 Å². The van der Waals surface area contributed by atoms with Crippen LogP contribution < -0.4 is 5.32 Å². The van der Waals surface area contributed by atoms with E-state index in [1.54, 1.807) is 0 Å².